The first kappa shape index (κ1) is 22.2. The van der Waals surface area contributed by atoms with Crippen LogP contribution in [0, 0.1) is 12.8 Å². The van der Waals surface area contributed by atoms with E-state index < -0.39 is 6.04 Å². The van der Waals surface area contributed by atoms with Gasteiger partial charge in [0.2, 0.25) is 5.91 Å². The van der Waals surface area contributed by atoms with Gasteiger partial charge in [0.15, 0.2) is 11.7 Å². The molecule has 2 aliphatic rings. The standard InChI is InChI=1S/C27H29N3O4/c1-17-28-16-25(34-17)18-11-13-20(14-12-18)29-26(31)23-15-19-7-3-5-9-22(19)30(23)27(32)21-8-4-6-10-24(21)33-2/h4,6,8,10-14,16,19,22-23H,3,5,7,9,15H2,1-2H3,(H,29,31). The maximum absolute atomic E-state index is 13.7. The fourth-order valence-corrected chi connectivity index (χ4v) is 5.38. The van der Waals surface area contributed by atoms with Crippen molar-refractivity contribution in [3.8, 4) is 17.1 Å². The van der Waals surface area contributed by atoms with Crippen LogP contribution in [-0.2, 0) is 4.79 Å². The number of benzene rings is 2. The number of para-hydroxylation sites is 1. The van der Waals surface area contributed by atoms with E-state index in [0.717, 1.165) is 31.2 Å². The Labute approximate surface area is 199 Å². The SMILES string of the molecule is COc1ccccc1C(=O)N1C(C(=O)Nc2ccc(-c3cnc(C)o3)cc2)CC2CCCCC21. The van der Waals surface area contributed by atoms with Gasteiger partial charge in [-0.25, -0.2) is 4.98 Å². The lowest BCUT2D eigenvalue weighted by atomic mass is 9.84. The van der Waals surface area contributed by atoms with Crippen molar-refractivity contribution in [2.45, 2.75) is 51.1 Å². The second kappa shape index (κ2) is 9.33. The minimum absolute atomic E-state index is 0.0824. The number of aromatic nitrogens is 1. The number of carbonyl (C=O) groups excluding carboxylic acids is 2. The number of fused-ring (bicyclic) bond motifs is 1. The molecule has 34 heavy (non-hydrogen) atoms. The van der Waals surface area contributed by atoms with Crippen molar-refractivity contribution in [1.29, 1.82) is 0 Å². The highest BCUT2D eigenvalue weighted by Crippen LogP contribution is 2.41. The van der Waals surface area contributed by atoms with Gasteiger partial charge >= 0.3 is 0 Å². The molecule has 0 radical (unpaired) electrons. The van der Waals surface area contributed by atoms with Crippen LogP contribution < -0.4 is 10.1 Å². The summed E-state index contributed by atoms with van der Waals surface area (Å²) < 4.78 is 11.0. The van der Waals surface area contributed by atoms with Gasteiger partial charge in [-0.3, -0.25) is 9.59 Å². The zero-order valence-corrected chi connectivity index (χ0v) is 19.5. The number of hydrogen-bond donors (Lipinski definition) is 1. The Balaban J connectivity index is 1.38. The van der Waals surface area contributed by atoms with Gasteiger partial charge < -0.3 is 19.4 Å². The van der Waals surface area contributed by atoms with Crippen LogP contribution in [0.3, 0.4) is 0 Å². The van der Waals surface area contributed by atoms with Gasteiger partial charge in [-0.15, -0.1) is 0 Å². The molecule has 3 atom stereocenters. The average molecular weight is 460 g/mol. The van der Waals surface area contributed by atoms with Crippen LogP contribution >= 0.6 is 0 Å². The molecule has 176 valence electrons. The Bertz CT molecular complexity index is 1190. The van der Waals surface area contributed by atoms with Crippen LogP contribution in [0.2, 0.25) is 0 Å². The highest BCUT2D eigenvalue weighted by molar-refractivity contribution is 6.03. The Hall–Kier alpha value is -3.61. The Morgan fingerprint density at radius 3 is 2.59 bits per heavy atom. The molecular weight excluding hydrogens is 430 g/mol. The fraction of sp³-hybridized carbons (Fsp3) is 0.370. The summed E-state index contributed by atoms with van der Waals surface area (Å²) in [5.74, 6) is 1.88. The lowest BCUT2D eigenvalue weighted by Gasteiger charge is -2.34. The number of anilines is 1. The maximum Gasteiger partial charge on any atom is 0.258 e. The van der Waals surface area contributed by atoms with E-state index in [0.29, 0.717) is 41.0 Å². The first-order chi connectivity index (χ1) is 16.5. The molecule has 0 bridgehead atoms. The number of amides is 2. The van der Waals surface area contributed by atoms with Crippen molar-refractivity contribution in [3.05, 3.63) is 66.2 Å². The fourth-order valence-electron chi connectivity index (χ4n) is 5.38. The number of aryl methyl sites for hydroxylation is 1. The molecule has 2 heterocycles. The zero-order chi connectivity index (χ0) is 23.7. The number of ether oxygens (including phenoxy) is 1. The summed E-state index contributed by atoms with van der Waals surface area (Å²) in [4.78, 5) is 33.1. The van der Waals surface area contributed by atoms with Crippen LogP contribution in [0.5, 0.6) is 5.75 Å². The predicted octanol–water partition coefficient (Wildman–Crippen LogP) is 5.07. The van der Waals surface area contributed by atoms with E-state index in [1.54, 1.807) is 32.4 Å². The molecule has 1 saturated carbocycles. The van der Waals surface area contributed by atoms with Gasteiger partial charge in [0.05, 0.1) is 18.9 Å². The molecule has 2 amide bonds. The molecule has 3 unspecified atom stereocenters. The molecule has 2 fully saturated rings. The number of likely N-dealkylation sites (tertiary alicyclic amines) is 1. The summed E-state index contributed by atoms with van der Waals surface area (Å²) in [5, 5.41) is 3.03. The molecule has 5 rings (SSSR count). The molecule has 7 nitrogen and oxygen atoms in total. The second-order valence-electron chi connectivity index (χ2n) is 9.09. The molecule has 3 aromatic rings. The molecule has 7 heteroatoms. The Kier molecular flexibility index (Phi) is 6.09. The third-order valence-corrected chi connectivity index (χ3v) is 7.02. The molecule has 0 spiro atoms. The van der Waals surface area contributed by atoms with Crippen molar-refractivity contribution in [2.75, 3.05) is 12.4 Å². The van der Waals surface area contributed by atoms with Gasteiger partial charge in [0.1, 0.15) is 11.8 Å². The summed E-state index contributed by atoms with van der Waals surface area (Å²) in [6.45, 7) is 1.80. The third kappa shape index (κ3) is 4.18. The predicted molar refractivity (Wildman–Crippen MR) is 129 cm³/mol. The zero-order valence-electron chi connectivity index (χ0n) is 19.5. The topological polar surface area (TPSA) is 84.7 Å². The van der Waals surface area contributed by atoms with Crippen LogP contribution in [0.25, 0.3) is 11.3 Å². The van der Waals surface area contributed by atoms with Crippen molar-refractivity contribution in [3.63, 3.8) is 0 Å². The third-order valence-electron chi connectivity index (χ3n) is 7.02. The number of rotatable bonds is 5. The molecular formula is C27H29N3O4. The average Bonchev–Trinajstić information content (AvgIpc) is 3.48. The highest BCUT2D eigenvalue weighted by atomic mass is 16.5. The number of nitrogens with zero attached hydrogens (tertiary/aromatic N) is 2. The van der Waals surface area contributed by atoms with Gasteiger partial charge in [0, 0.05) is 24.2 Å². The normalized spacial score (nSPS) is 21.7. The van der Waals surface area contributed by atoms with E-state index in [-0.39, 0.29) is 17.9 Å². The van der Waals surface area contributed by atoms with Gasteiger partial charge in [-0.1, -0.05) is 25.0 Å². The van der Waals surface area contributed by atoms with Gasteiger partial charge in [0.25, 0.3) is 5.91 Å². The van der Waals surface area contributed by atoms with E-state index in [2.05, 4.69) is 10.3 Å². The molecule has 1 N–H and O–H groups in total. The number of nitrogens with one attached hydrogen (secondary N) is 1. The second-order valence-corrected chi connectivity index (χ2v) is 9.09. The van der Waals surface area contributed by atoms with Crippen LogP contribution in [0.1, 0.15) is 48.4 Å². The van der Waals surface area contributed by atoms with Crippen LogP contribution in [0.15, 0.2) is 59.1 Å². The van der Waals surface area contributed by atoms with E-state index in [4.69, 9.17) is 9.15 Å². The molecule has 2 aromatic carbocycles. The summed E-state index contributed by atoms with van der Waals surface area (Å²) in [6, 6.07) is 14.3. The lowest BCUT2D eigenvalue weighted by molar-refractivity contribution is -0.120. The van der Waals surface area contributed by atoms with Crippen molar-refractivity contribution in [2.24, 2.45) is 5.92 Å². The van der Waals surface area contributed by atoms with E-state index >= 15 is 0 Å². The summed E-state index contributed by atoms with van der Waals surface area (Å²) in [7, 11) is 1.56. The monoisotopic (exact) mass is 459 g/mol. The molecule has 1 aliphatic heterocycles. The van der Waals surface area contributed by atoms with Crippen LogP contribution in [0.4, 0.5) is 5.69 Å². The Morgan fingerprint density at radius 2 is 1.85 bits per heavy atom. The molecule has 1 aliphatic carbocycles. The minimum atomic E-state index is -0.512. The maximum atomic E-state index is 13.7. The Morgan fingerprint density at radius 1 is 1.09 bits per heavy atom. The van der Waals surface area contributed by atoms with E-state index in [1.165, 1.54) is 0 Å². The van der Waals surface area contributed by atoms with Crippen molar-refractivity contribution < 1.29 is 18.7 Å². The quantitative estimate of drug-likeness (QED) is 0.576. The summed E-state index contributed by atoms with van der Waals surface area (Å²) in [6.07, 6.45) is 6.58. The van der Waals surface area contributed by atoms with Crippen molar-refractivity contribution >= 4 is 17.5 Å². The summed E-state index contributed by atoms with van der Waals surface area (Å²) >= 11 is 0. The van der Waals surface area contributed by atoms with Gasteiger partial charge in [-0.05, 0) is 61.6 Å². The smallest absolute Gasteiger partial charge is 0.258 e. The van der Waals surface area contributed by atoms with E-state index in [1.807, 2.05) is 41.3 Å². The van der Waals surface area contributed by atoms with Gasteiger partial charge in [-0.2, -0.15) is 0 Å². The number of carbonyl (C=O) groups is 2. The summed E-state index contributed by atoms with van der Waals surface area (Å²) in [5.41, 5.74) is 2.07. The van der Waals surface area contributed by atoms with E-state index in [9.17, 15) is 9.59 Å². The van der Waals surface area contributed by atoms with Crippen molar-refractivity contribution in [1.82, 2.24) is 9.88 Å². The largest absolute Gasteiger partial charge is 0.496 e. The first-order valence-corrected chi connectivity index (χ1v) is 11.8. The molecule has 1 saturated heterocycles. The molecule has 1 aromatic heterocycles. The number of methoxy groups -OCH3 is 1. The highest BCUT2D eigenvalue weighted by Gasteiger charge is 2.48. The number of hydrogen-bond acceptors (Lipinski definition) is 5. The van der Waals surface area contributed by atoms with Crippen LogP contribution in [-0.4, -0.2) is 40.9 Å². The number of oxazole rings is 1. The lowest BCUT2D eigenvalue weighted by Crippen LogP contribution is -2.47. The minimum Gasteiger partial charge on any atom is -0.496 e. The first-order valence-electron chi connectivity index (χ1n) is 11.8.